The molecule has 0 aliphatic heterocycles. The van der Waals surface area contributed by atoms with Crippen LogP contribution in [-0.2, 0) is 12.7 Å². The molecule has 0 saturated heterocycles. The van der Waals surface area contributed by atoms with Gasteiger partial charge in [-0.25, -0.2) is 4.98 Å². The minimum atomic E-state index is -4.55. The van der Waals surface area contributed by atoms with Crippen LogP contribution in [0.2, 0.25) is 5.02 Å². The molecule has 0 atom stereocenters. The number of hydrogen-bond donors (Lipinski definition) is 2. The van der Waals surface area contributed by atoms with E-state index in [0.29, 0.717) is 5.69 Å². The van der Waals surface area contributed by atoms with Crippen LogP contribution >= 0.6 is 11.6 Å². The topological polar surface area (TPSA) is 64.9 Å². The van der Waals surface area contributed by atoms with Crippen LogP contribution in [0.1, 0.15) is 11.3 Å². The quantitative estimate of drug-likeness (QED) is 0.892. The fourth-order valence-electron chi connectivity index (χ4n) is 1.80. The number of nitrogen functional groups attached to an aromatic ring is 1. The highest BCUT2D eigenvalue weighted by Gasteiger charge is 2.34. The zero-order valence-electron chi connectivity index (χ0n) is 10.2. The SMILES string of the molecule is NCc1ccc(N)c(-c2ccc(Cl)cc2C(F)(F)F)n1. The van der Waals surface area contributed by atoms with Gasteiger partial charge in [-0.3, -0.25) is 0 Å². The number of anilines is 1. The van der Waals surface area contributed by atoms with Gasteiger partial charge in [0.25, 0.3) is 0 Å². The molecule has 0 unspecified atom stereocenters. The van der Waals surface area contributed by atoms with E-state index in [0.717, 1.165) is 6.07 Å². The van der Waals surface area contributed by atoms with Gasteiger partial charge in [0.15, 0.2) is 0 Å². The molecule has 7 heteroatoms. The first kappa shape index (κ1) is 14.6. The van der Waals surface area contributed by atoms with E-state index in [1.54, 1.807) is 6.07 Å². The number of benzene rings is 1. The van der Waals surface area contributed by atoms with Gasteiger partial charge in [0, 0.05) is 17.1 Å². The molecule has 2 rings (SSSR count). The van der Waals surface area contributed by atoms with Crippen LogP contribution in [0, 0.1) is 0 Å². The van der Waals surface area contributed by atoms with Crippen LogP contribution in [0.15, 0.2) is 30.3 Å². The van der Waals surface area contributed by atoms with Crippen molar-refractivity contribution in [3.63, 3.8) is 0 Å². The van der Waals surface area contributed by atoms with Crippen LogP contribution in [0.3, 0.4) is 0 Å². The van der Waals surface area contributed by atoms with Gasteiger partial charge in [-0.1, -0.05) is 17.7 Å². The van der Waals surface area contributed by atoms with Crippen LogP contribution in [0.25, 0.3) is 11.3 Å². The fraction of sp³-hybridized carbons (Fsp3) is 0.154. The number of nitrogens with two attached hydrogens (primary N) is 2. The molecular weight excluding hydrogens is 291 g/mol. The maximum absolute atomic E-state index is 13.1. The molecule has 0 amide bonds. The summed E-state index contributed by atoms with van der Waals surface area (Å²) in [5.74, 6) is 0. The maximum atomic E-state index is 13.1. The Labute approximate surface area is 118 Å². The Morgan fingerprint density at radius 1 is 1.15 bits per heavy atom. The van der Waals surface area contributed by atoms with Crippen molar-refractivity contribution in [1.29, 1.82) is 0 Å². The molecular formula is C13H11ClF3N3. The molecule has 106 valence electrons. The molecule has 1 heterocycles. The van der Waals surface area contributed by atoms with E-state index in [2.05, 4.69) is 4.98 Å². The maximum Gasteiger partial charge on any atom is 0.417 e. The van der Waals surface area contributed by atoms with Gasteiger partial charge in [0.2, 0.25) is 0 Å². The molecule has 0 aliphatic carbocycles. The van der Waals surface area contributed by atoms with Gasteiger partial charge in [0.05, 0.1) is 22.6 Å². The number of hydrogen-bond acceptors (Lipinski definition) is 3. The summed E-state index contributed by atoms with van der Waals surface area (Å²) in [7, 11) is 0. The molecule has 20 heavy (non-hydrogen) atoms. The molecule has 0 spiro atoms. The summed E-state index contributed by atoms with van der Waals surface area (Å²) < 4.78 is 39.2. The lowest BCUT2D eigenvalue weighted by Gasteiger charge is -2.14. The largest absolute Gasteiger partial charge is 0.417 e. The zero-order valence-corrected chi connectivity index (χ0v) is 11.0. The Morgan fingerprint density at radius 2 is 1.85 bits per heavy atom. The Kier molecular flexibility index (Phi) is 3.87. The smallest absolute Gasteiger partial charge is 0.397 e. The lowest BCUT2D eigenvalue weighted by atomic mass is 10.0. The van der Waals surface area contributed by atoms with Gasteiger partial charge in [-0.2, -0.15) is 13.2 Å². The van der Waals surface area contributed by atoms with Gasteiger partial charge in [-0.05, 0) is 24.3 Å². The minimum Gasteiger partial charge on any atom is -0.397 e. The van der Waals surface area contributed by atoms with Gasteiger partial charge in [0.1, 0.15) is 0 Å². The van der Waals surface area contributed by atoms with E-state index in [4.69, 9.17) is 23.1 Å². The third-order valence-electron chi connectivity index (χ3n) is 2.74. The predicted octanol–water partition coefficient (Wildman–Crippen LogP) is 3.46. The summed E-state index contributed by atoms with van der Waals surface area (Å²) >= 11 is 5.64. The average molecular weight is 302 g/mol. The molecule has 0 fully saturated rings. The molecule has 0 radical (unpaired) electrons. The lowest BCUT2D eigenvalue weighted by Crippen LogP contribution is -2.09. The molecule has 0 bridgehead atoms. The third-order valence-corrected chi connectivity index (χ3v) is 2.97. The Morgan fingerprint density at radius 3 is 2.45 bits per heavy atom. The monoisotopic (exact) mass is 301 g/mol. The van der Waals surface area contributed by atoms with Crippen molar-refractivity contribution in [2.45, 2.75) is 12.7 Å². The second-order valence-electron chi connectivity index (χ2n) is 4.13. The highest BCUT2D eigenvalue weighted by atomic mass is 35.5. The van der Waals surface area contributed by atoms with Crippen molar-refractivity contribution >= 4 is 17.3 Å². The van der Waals surface area contributed by atoms with E-state index < -0.39 is 11.7 Å². The number of alkyl halides is 3. The number of halogens is 4. The summed E-state index contributed by atoms with van der Waals surface area (Å²) in [5, 5.41) is -0.00498. The summed E-state index contributed by atoms with van der Waals surface area (Å²) in [6.07, 6.45) is -4.55. The van der Waals surface area contributed by atoms with Crippen molar-refractivity contribution in [1.82, 2.24) is 4.98 Å². The molecule has 0 aliphatic rings. The van der Waals surface area contributed by atoms with E-state index in [9.17, 15) is 13.2 Å². The predicted molar refractivity (Wildman–Crippen MR) is 72.0 cm³/mol. The van der Waals surface area contributed by atoms with Crippen molar-refractivity contribution in [2.24, 2.45) is 5.73 Å². The molecule has 2 aromatic rings. The van der Waals surface area contributed by atoms with Crippen molar-refractivity contribution in [2.75, 3.05) is 5.73 Å². The molecule has 0 saturated carbocycles. The van der Waals surface area contributed by atoms with Crippen molar-refractivity contribution in [3.8, 4) is 11.3 Å². The Balaban J connectivity index is 2.69. The zero-order chi connectivity index (χ0) is 14.9. The first-order chi connectivity index (χ1) is 9.32. The summed E-state index contributed by atoms with van der Waals surface area (Å²) in [5.41, 5.74) is 10.8. The number of nitrogens with zero attached hydrogens (tertiary/aromatic N) is 1. The summed E-state index contributed by atoms with van der Waals surface area (Å²) in [6.45, 7) is 0.113. The lowest BCUT2D eigenvalue weighted by molar-refractivity contribution is -0.137. The summed E-state index contributed by atoms with van der Waals surface area (Å²) in [4.78, 5) is 4.07. The second kappa shape index (κ2) is 5.30. The number of rotatable bonds is 2. The normalized spacial score (nSPS) is 11.7. The van der Waals surface area contributed by atoms with Gasteiger partial charge < -0.3 is 11.5 Å². The molecule has 4 N–H and O–H groups in total. The van der Waals surface area contributed by atoms with E-state index in [1.807, 2.05) is 0 Å². The fourth-order valence-corrected chi connectivity index (χ4v) is 1.97. The van der Waals surface area contributed by atoms with Crippen LogP contribution in [0.5, 0.6) is 0 Å². The van der Waals surface area contributed by atoms with E-state index in [1.165, 1.54) is 18.2 Å². The van der Waals surface area contributed by atoms with Crippen molar-refractivity contribution in [3.05, 3.63) is 46.6 Å². The highest BCUT2D eigenvalue weighted by molar-refractivity contribution is 6.30. The molecule has 3 nitrogen and oxygen atoms in total. The first-order valence-corrected chi connectivity index (χ1v) is 6.03. The second-order valence-corrected chi connectivity index (χ2v) is 4.57. The highest BCUT2D eigenvalue weighted by Crippen LogP contribution is 2.39. The summed E-state index contributed by atoms with van der Waals surface area (Å²) in [6, 6.07) is 6.53. The van der Waals surface area contributed by atoms with Crippen LogP contribution in [0.4, 0.5) is 18.9 Å². The molecule has 1 aromatic carbocycles. The number of pyridine rings is 1. The first-order valence-electron chi connectivity index (χ1n) is 5.65. The third kappa shape index (κ3) is 2.86. The Hall–Kier alpha value is -1.79. The standard InChI is InChI=1S/C13H11ClF3N3/c14-7-1-3-9(10(5-7)13(15,16)17)12-11(19)4-2-8(6-18)20-12/h1-5H,6,18-19H2. The average Bonchev–Trinajstić information content (AvgIpc) is 2.38. The van der Waals surface area contributed by atoms with Crippen molar-refractivity contribution < 1.29 is 13.2 Å². The molecule has 1 aromatic heterocycles. The van der Waals surface area contributed by atoms with Crippen LogP contribution in [-0.4, -0.2) is 4.98 Å². The van der Waals surface area contributed by atoms with Crippen LogP contribution < -0.4 is 11.5 Å². The van der Waals surface area contributed by atoms with Gasteiger partial charge >= 0.3 is 6.18 Å². The Bertz CT molecular complexity index is 641. The van der Waals surface area contributed by atoms with Gasteiger partial charge in [-0.15, -0.1) is 0 Å². The van der Waals surface area contributed by atoms with E-state index in [-0.39, 0.29) is 28.5 Å². The minimum absolute atomic E-state index is 0.00498. The van der Waals surface area contributed by atoms with E-state index >= 15 is 0 Å². The number of aromatic nitrogens is 1.